The van der Waals surface area contributed by atoms with Gasteiger partial charge in [0.2, 0.25) is 0 Å². The molecule has 0 spiro atoms. The zero-order valence-electron chi connectivity index (χ0n) is 17.4. The Morgan fingerprint density at radius 2 is 0.900 bits per heavy atom. The van der Waals surface area contributed by atoms with Crippen LogP contribution < -0.4 is 0 Å². The molecule has 0 atom stereocenters. The van der Waals surface area contributed by atoms with Crippen LogP contribution in [-0.2, 0) is 5.41 Å². The van der Waals surface area contributed by atoms with Crippen molar-refractivity contribution in [3.63, 3.8) is 0 Å². The predicted molar refractivity (Wildman–Crippen MR) is 124 cm³/mol. The first-order valence-corrected chi connectivity index (χ1v) is 9.89. The highest BCUT2D eigenvalue weighted by atomic mass is 14.2. The first kappa shape index (κ1) is 19.2. The Kier molecular flexibility index (Phi) is 5.19. The van der Waals surface area contributed by atoms with E-state index in [9.17, 15) is 0 Å². The van der Waals surface area contributed by atoms with Crippen molar-refractivity contribution in [3.05, 3.63) is 106 Å². The normalized spacial score (nSPS) is 11.2. The number of benzene rings is 3. The third-order valence-electron chi connectivity index (χ3n) is 4.79. The minimum Gasteiger partial charge on any atom is -0.0616 e. The highest BCUT2D eigenvalue weighted by Gasteiger charge is 2.14. The molecule has 0 saturated heterocycles. The summed E-state index contributed by atoms with van der Waals surface area (Å²) in [7, 11) is 0. The molecule has 0 heteroatoms. The molecule has 0 fully saturated rings. The summed E-state index contributed by atoms with van der Waals surface area (Å²) in [5.41, 5.74) is 6.68. The molecule has 0 unspecified atom stereocenters. The van der Waals surface area contributed by atoms with Crippen LogP contribution in [-0.4, -0.2) is 0 Å². The van der Waals surface area contributed by atoms with E-state index in [0.29, 0.717) is 0 Å². The van der Waals surface area contributed by atoms with E-state index in [1.165, 1.54) is 5.56 Å². The molecule has 0 aromatic heterocycles. The fraction of sp³-hybridized carbons (Fsp3) is 0.133. The van der Waals surface area contributed by atoms with E-state index >= 15 is 0 Å². The van der Waals surface area contributed by atoms with E-state index in [2.05, 4.69) is 86.3 Å². The van der Waals surface area contributed by atoms with Crippen molar-refractivity contribution in [3.8, 4) is 47.4 Å². The zero-order valence-corrected chi connectivity index (χ0v) is 17.4. The molecule has 0 radical (unpaired) electrons. The first-order chi connectivity index (χ1) is 14.5. The lowest BCUT2D eigenvalue weighted by molar-refractivity contribution is 0.590. The van der Waals surface area contributed by atoms with Gasteiger partial charge in [-0.25, -0.2) is 0 Å². The van der Waals surface area contributed by atoms with Gasteiger partial charge in [-0.05, 0) is 65.3 Å². The van der Waals surface area contributed by atoms with Gasteiger partial charge in [0.15, 0.2) is 0 Å². The molecule has 0 heterocycles. The molecule has 0 aliphatic heterocycles. The van der Waals surface area contributed by atoms with Gasteiger partial charge in [0, 0.05) is 33.4 Å². The van der Waals surface area contributed by atoms with Crippen LogP contribution in [0, 0.1) is 47.4 Å². The van der Waals surface area contributed by atoms with Crippen molar-refractivity contribution < 1.29 is 0 Å². The van der Waals surface area contributed by atoms with Gasteiger partial charge in [-0.2, -0.15) is 0 Å². The Hall–Kier alpha value is -4.10. The summed E-state index contributed by atoms with van der Waals surface area (Å²) in [4.78, 5) is 0. The Balaban J connectivity index is 1.98. The van der Waals surface area contributed by atoms with Gasteiger partial charge in [-0.15, -0.1) is 0 Å². The number of hydrogen-bond donors (Lipinski definition) is 0. The Morgan fingerprint density at radius 3 is 1.30 bits per heavy atom. The van der Waals surface area contributed by atoms with Crippen LogP contribution in [0.1, 0.15) is 59.7 Å². The average molecular weight is 380 g/mol. The maximum atomic E-state index is 3.32. The topological polar surface area (TPSA) is 0 Å². The maximum Gasteiger partial charge on any atom is 0.0412 e. The van der Waals surface area contributed by atoms with E-state index in [4.69, 9.17) is 0 Å². The second kappa shape index (κ2) is 8.10. The van der Waals surface area contributed by atoms with Crippen LogP contribution >= 0.6 is 0 Å². The molecule has 2 bridgehead atoms. The third kappa shape index (κ3) is 4.48. The number of hydrogen-bond acceptors (Lipinski definition) is 0. The number of rotatable bonds is 0. The van der Waals surface area contributed by atoms with Crippen molar-refractivity contribution in [2.45, 2.75) is 26.2 Å². The van der Waals surface area contributed by atoms with Crippen LogP contribution in [0.3, 0.4) is 0 Å². The lowest BCUT2D eigenvalue weighted by Gasteiger charge is -2.19. The minimum absolute atomic E-state index is 0.00377. The molecule has 4 rings (SSSR count). The summed E-state index contributed by atoms with van der Waals surface area (Å²) in [6.45, 7) is 6.61. The van der Waals surface area contributed by atoms with Crippen LogP contribution in [0.4, 0.5) is 0 Å². The molecular weight excluding hydrogens is 360 g/mol. The highest BCUT2D eigenvalue weighted by molar-refractivity contribution is 5.59. The summed E-state index contributed by atoms with van der Waals surface area (Å²) >= 11 is 0. The molecule has 1 aliphatic carbocycles. The van der Waals surface area contributed by atoms with Gasteiger partial charge in [0.1, 0.15) is 0 Å². The zero-order chi connectivity index (χ0) is 21.0. The number of fused-ring (bicyclic) bond motifs is 4. The molecule has 30 heavy (non-hydrogen) atoms. The van der Waals surface area contributed by atoms with E-state index in [1.54, 1.807) is 0 Å². The molecule has 140 valence electrons. The van der Waals surface area contributed by atoms with Gasteiger partial charge in [0.25, 0.3) is 0 Å². The second-order valence-corrected chi connectivity index (χ2v) is 8.14. The summed E-state index contributed by atoms with van der Waals surface area (Å²) in [5.74, 6) is 25.4. The molecule has 3 aromatic carbocycles. The van der Waals surface area contributed by atoms with Crippen LogP contribution in [0.25, 0.3) is 0 Å². The smallest absolute Gasteiger partial charge is 0.0412 e. The minimum atomic E-state index is 0.00377. The first-order valence-electron chi connectivity index (χ1n) is 9.89. The summed E-state index contributed by atoms with van der Waals surface area (Å²) in [6.07, 6.45) is 0. The Bertz CT molecular complexity index is 1280. The molecule has 0 nitrogen and oxygen atoms in total. The fourth-order valence-corrected chi connectivity index (χ4v) is 3.08. The Labute approximate surface area is 179 Å². The van der Waals surface area contributed by atoms with Crippen molar-refractivity contribution in [2.75, 3.05) is 0 Å². The largest absolute Gasteiger partial charge is 0.0616 e. The summed E-state index contributed by atoms with van der Waals surface area (Å²) in [6, 6.07) is 22.2. The van der Waals surface area contributed by atoms with Gasteiger partial charge < -0.3 is 0 Å². The molecular formula is C30H20. The lowest BCUT2D eigenvalue weighted by Crippen LogP contribution is -2.11. The van der Waals surface area contributed by atoms with E-state index in [0.717, 1.165) is 33.4 Å². The fourth-order valence-electron chi connectivity index (χ4n) is 3.08. The van der Waals surface area contributed by atoms with Gasteiger partial charge in [-0.3, -0.25) is 0 Å². The monoisotopic (exact) mass is 380 g/mol. The van der Waals surface area contributed by atoms with Crippen molar-refractivity contribution in [1.82, 2.24) is 0 Å². The quantitative estimate of drug-likeness (QED) is 0.452. The maximum absolute atomic E-state index is 3.32. The molecule has 3 aromatic rings. The third-order valence-corrected chi connectivity index (χ3v) is 4.79. The van der Waals surface area contributed by atoms with Crippen molar-refractivity contribution in [1.29, 1.82) is 0 Å². The molecule has 0 saturated carbocycles. The van der Waals surface area contributed by atoms with Gasteiger partial charge >= 0.3 is 0 Å². The molecule has 1 aliphatic rings. The van der Waals surface area contributed by atoms with Gasteiger partial charge in [0.05, 0.1) is 0 Å². The predicted octanol–water partition coefficient (Wildman–Crippen LogP) is 5.50. The van der Waals surface area contributed by atoms with E-state index in [1.807, 2.05) is 48.5 Å². The lowest BCUT2D eigenvalue weighted by atomic mass is 9.85. The van der Waals surface area contributed by atoms with Gasteiger partial charge in [-0.1, -0.05) is 80.6 Å². The van der Waals surface area contributed by atoms with Crippen molar-refractivity contribution >= 4 is 0 Å². The SMILES string of the molecule is CC(C)(C)c1cc2cc(c1)C#Cc1ccccc1C#CC#Cc1ccccc1C#C2. The molecule has 0 N–H and O–H groups in total. The summed E-state index contributed by atoms with van der Waals surface area (Å²) in [5, 5.41) is 0. The van der Waals surface area contributed by atoms with E-state index < -0.39 is 0 Å². The van der Waals surface area contributed by atoms with Crippen LogP contribution in [0.2, 0.25) is 0 Å². The average Bonchev–Trinajstić information content (AvgIpc) is 2.74. The standard InChI is InChI=1S/C30H20/c1-30(2,3)29-21-23-16-18-27-14-8-6-12-25(27)10-4-5-11-26-13-7-9-15-28(26)19-17-24(20-23)22-29/h6-9,12-15,20-22H,1-3H3. The second-order valence-electron chi connectivity index (χ2n) is 8.14. The van der Waals surface area contributed by atoms with Crippen LogP contribution in [0.5, 0.6) is 0 Å². The van der Waals surface area contributed by atoms with E-state index in [-0.39, 0.29) is 5.41 Å². The highest BCUT2D eigenvalue weighted by Crippen LogP contribution is 2.24. The van der Waals surface area contributed by atoms with Crippen molar-refractivity contribution in [2.24, 2.45) is 0 Å². The summed E-state index contributed by atoms with van der Waals surface area (Å²) < 4.78 is 0. The Morgan fingerprint density at radius 1 is 0.500 bits per heavy atom. The molecule has 0 amide bonds. The van der Waals surface area contributed by atoms with Crippen LogP contribution in [0.15, 0.2) is 66.7 Å².